The van der Waals surface area contributed by atoms with Gasteiger partial charge in [0, 0.05) is 24.7 Å². The van der Waals surface area contributed by atoms with Crippen molar-refractivity contribution in [3.8, 4) is 0 Å². The summed E-state index contributed by atoms with van der Waals surface area (Å²) in [7, 11) is 0. The second-order valence-electron chi connectivity index (χ2n) is 4.05. The number of benzene rings is 1. The Labute approximate surface area is 95.0 Å². The third-order valence-corrected chi connectivity index (χ3v) is 2.93. The summed E-state index contributed by atoms with van der Waals surface area (Å²) in [6, 6.07) is 8.01. The molecule has 3 heteroatoms. The summed E-state index contributed by atoms with van der Waals surface area (Å²) in [6.45, 7) is 5.27. The topological polar surface area (TPSA) is 40.5 Å². The summed E-state index contributed by atoms with van der Waals surface area (Å²) in [4.78, 5) is 13.0. The van der Waals surface area contributed by atoms with E-state index < -0.39 is 5.97 Å². The number of carboxylic acids is 1. The standard InChI is InChI=1S/C13H15NO2/c1-2-7-14-9-10(8-13(15)16)11-5-3-4-6-12(11)14/h2-6,10H,1,7-9H2,(H,15,16). The van der Waals surface area contributed by atoms with Gasteiger partial charge in [-0.2, -0.15) is 0 Å². The molecule has 2 rings (SSSR count). The first-order chi connectivity index (χ1) is 7.72. The maximum atomic E-state index is 10.8. The highest BCUT2D eigenvalue weighted by Gasteiger charge is 2.28. The summed E-state index contributed by atoms with van der Waals surface area (Å²) in [5, 5.41) is 8.88. The van der Waals surface area contributed by atoms with E-state index in [-0.39, 0.29) is 12.3 Å². The van der Waals surface area contributed by atoms with E-state index in [0.717, 1.165) is 24.3 Å². The van der Waals surface area contributed by atoms with Crippen LogP contribution < -0.4 is 4.90 Å². The molecule has 0 bridgehead atoms. The fourth-order valence-electron chi connectivity index (χ4n) is 2.30. The molecule has 0 saturated carbocycles. The van der Waals surface area contributed by atoms with E-state index in [1.165, 1.54) is 0 Å². The van der Waals surface area contributed by atoms with Gasteiger partial charge in [0.1, 0.15) is 0 Å². The first-order valence-corrected chi connectivity index (χ1v) is 5.39. The molecule has 0 spiro atoms. The quantitative estimate of drug-likeness (QED) is 0.786. The highest BCUT2D eigenvalue weighted by molar-refractivity contribution is 5.71. The molecule has 16 heavy (non-hydrogen) atoms. The molecule has 0 aromatic heterocycles. The highest BCUT2D eigenvalue weighted by atomic mass is 16.4. The van der Waals surface area contributed by atoms with Crippen LogP contribution in [0.4, 0.5) is 5.69 Å². The number of para-hydroxylation sites is 1. The van der Waals surface area contributed by atoms with Crippen LogP contribution in [0.2, 0.25) is 0 Å². The molecule has 1 aromatic carbocycles. The third-order valence-electron chi connectivity index (χ3n) is 2.93. The molecular formula is C13H15NO2. The van der Waals surface area contributed by atoms with Crippen molar-refractivity contribution in [1.29, 1.82) is 0 Å². The molecule has 3 nitrogen and oxygen atoms in total. The van der Waals surface area contributed by atoms with Crippen LogP contribution in [0.5, 0.6) is 0 Å². The normalized spacial score (nSPS) is 18.2. The first-order valence-electron chi connectivity index (χ1n) is 5.39. The van der Waals surface area contributed by atoms with Gasteiger partial charge in [-0.3, -0.25) is 4.79 Å². The van der Waals surface area contributed by atoms with Crippen molar-refractivity contribution in [2.75, 3.05) is 18.0 Å². The van der Waals surface area contributed by atoms with Crippen LogP contribution in [0.15, 0.2) is 36.9 Å². The lowest BCUT2D eigenvalue weighted by molar-refractivity contribution is -0.137. The number of hydrogen-bond acceptors (Lipinski definition) is 2. The van der Waals surface area contributed by atoms with Gasteiger partial charge in [0.25, 0.3) is 0 Å². The van der Waals surface area contributed by atoms with Crippen molar-refractivity contribution in [2.45, 2.75) is 12.3 Å². The van der Waals surface area contributed by atoms with E-state index in [0.29, 0.717) is 0 Å². The van der Waals surface area contributed by atoms with Crippen molar-refractivity contribution in [2.24, 2.45) is 0 Å². The lowest BCUT2D eigenvalue weighted by Crippen LogP contribution is -2.22. The predicted octanol–water partition coefficient (Wildman–Crippen LogP) is 2.25. The van der Waals surface area contributed by atoms with Crippen LogP contribution in [0, 0.1) is 0 Å². The minimum absolute atomic E-state index is 0.105. The summed E-state index contributed by atoms with van der Waals surface area (Å²) in [6.07, 6.45) is 2.05. The predicted molar refractivity (Wildman–Crippen MR) is 63.8 cm³/mol. The van der Waals surface area contributed by atoms with E-state index in [2.05, 4.69) is 11.5 Å². The van der Waals surface area contributed by atoms with E-state index in [1.54, 1.807) is 0 Å². The molecular weight excluding hydrogens is 202 g/mol. The molecule has 84 valence electrons. The Morgan fingerprint density at radius 1 is 1.56 bits per heavy atom. The van der Waals surface area contributed by atoms with E-state index >= 15 is 0 Å². The van der Waals surface area contributed by atoms with Crippen molar-refractivity contribution in [1.82, 2.24) is 0 Å². The molecule has 0 aliphatic carbocycles. The average Bonchev–Trinajstić information content (AvgIpc) is 2.58. The van der Waals surface area contributed by atoms with Crippen molar-refractivity contribution in [3.63, 3.8) is 0 Å². The van der Waals surface area contributed by atoms with Gasteiger partial charge in [-0.05, 0) is 11.6 Å². The Kier molecular flexibility index (Phi) is 2.95. The third kappa shape index (κ3) is 1.94. The van der Waals surface area contributed by atoms with E-state index in [9.17, 15) is 4.79 Å². The molecule has 1 aliphatic heterocycles. The molecule has 0 radical (unpaired) electrons. The fourth-order valence-corrected chi connectivity index (χ4v) is 2.30. The molecule has 1 aromatic rings. The molecule has 1 unspecified atom stereocenters. The van der Waals surface area contributed by atoms with Crippen LogP contribution in [-0.4, -0.2) is 24.2 Å². The molecule has 1 atom stereocenters. The SMILES string of the molecule is C=CCN1CC(CC(=O)O)c2ccccc21. The number of carboxylic acid groups (broad SMARTS) is 1. The Balaban J connectivity index is 2.27. The van der Waals surface area contributed by atoms with Gasteiger partial charge in [0.05, 0.1) is 6.42 Å². The summed E-state index contributed by atoms with van der Waals surface area (Å²) >= 11 is 0. The van der Waals surface area contributed by atoms with Crippen LogP contribution in [0.25, 0.3) is 0 Å². The minimum atomic E-state index is -0.736. The second-order valence-corrected chi connectivity index (χ2v) is 4.05. The summed E-state index contributed by atoms with van der Waals surface area (Å²) in [5.74, 6) is -0.631. The van der Waals surface area contributed by atoms with Crippen LogP contribution in [0.1, 0.15) is 17.9 Å². The van der Waals surface area contributed by atoms with E-state index in [1.807, 2.05) is 30.3 Å². The van der Waals surface area contributed by atoms with Gasteiger partial charge in [0.15, 0.2) is 0 Å². The monoisotopic (exact) mass is 217 g/mol. The lowest BCUT2D eigenvalue weighted by Gasteiger charge is -2.17. The Morgan fingerprint density at radius 2 is 2.31 bits per heavy atom. The molecule has 0 amide bonds. The molecule has 1 heterocycles. The van der Waals surface area contributed by atoms with E-state index in [4.69, 9.17) is 5.11 Å². The average molecular weight is 217 g/mol. The Hall–Kier alpha value is -1.77. The molecule has 0 fully saturated rings. The number of hydrogen-bond donors (Lipinski definition) is 1. The van der Waals surface area contributed by atoms with Crippen molar-refractivity contribution >= 4 is 11.7 Å². The molecule has 1 N–H and O–H groups in total. The number of rotatable bonds is 4. The highest BCUT2D eigenvalue weighted by Crippen LogP contribution is 2.37. The number of carbonyl (C=O) groups is 1. The number of fused-ring (bicyclic) bond motifs is 1. The maximum Gasteiger partial charge on any atom is 0.304 e. The minimum Gasteiger partial charge on any atom is -0.481 e. The van der Waals surface area contributed by atoms with Crippen LogP contribution in [-0.2, 0) is 4.79 Å². The zero-order chi connectivity index (χ0) is 11.5. The van der Waals surface area contributed by atoms with Gasteiger partial charge < -0.3 is 10.0 Å². The van der Waals surface area contributed by atoms with Gasteiger partial charge >= 0.3 is 5.97 Å². The zero-order valence-corrected chi connectivity index (χ0v) is 9.10. The van der Waals surface area contributed by atoms with Crippen LogP contribution >= 0.6 is 0 Å². The van der Waals surface area contributed by atoms with Crippen molar-refractivity contribution in [3.05, 3.63) is 42.5 Å². The lowest BCUT2D eigenvalue weighted by atomic mass is 9.98. The maximum absolute atomic E-state index is 10.8. The van der Waals surface area contributed by atoms with Gasteiger partial charge in [-0.1, -0.05) is 24.3 Å². The summed E-state index contributed by atoms with van der Waals surface area (Å²) in [5.41, 5.74) is 2.29. The van der Waals surface area contributed by atoms with Gasteiger partial charge in [-0.15, -0.1) is 6.58 Å². The number of anilines is 1. The zero-order valence-electron chi connectivity index (χ0n) is 9.10. The number of nitrogens with zero attached hydrogens (tertiary/aromatic N) is 1. The molecule has 0 saturated heterocycles. The largest absolute Gasteiger partial charge is 0.481 e. The second kappa shape index (κ2) is 4.39. The first kappa shape index (κ1) is 10.7. The fraction of sp³-hybridized carbons (Fsp3) is 0.308. The Bertz CT molecular complexity index is 414. The Morgan fingerprint density at radius 3 is 3.00 bits per heavy atom. The molecule has 1 aliphatic rings. The number of aliphatic carboxylic acids is 1. The van der Waals surface area contributed by atoms with Crippen molar-refractivity contribution < 1.29 is 9.90 Å². The van der Waals surface area contributed by atoms with Gasteiger partial charge in [-0.25, -0.2) is 0 Å². The smallest absolute Gasteiger partial charge is 0.304 e. The summed E-state index contributed by atoms with van der Waals surface area (Å²) < 4.78 is 0. The van der Waals surface area contributed by atoms with Crippen LogP contribution in [0.3, 0.4) is 0 Å². The van der Waals surface area contributed by atoms with Gasteiger partial charge in [0.2, 0.25) is 0 Å².